The van der Waals surface area contributed by atoms with E-state index >= 15 is 0 Å². The minimum atomic E-state index is -0.881. The normalized spacial score (nSPS) is 14.5. The van der Waals surface area contributed by atoms with Crippen molar-refractivity contribution >= 4 is 40.9 Å². The van der Waals surface area contributed by atoms with Gasteiger partial charge >= 0.3 is 5.97 Å². The molecule has 176 valence electrons. The monoisotopic (exact) mass is 498 g/mol. The molecule has 0 radical (unpaired) electrons. The van der Waals surface area contributed by atoms with Crippen LogP contribution in [0.1, 0.15) is 45.4 Å². The first-order valence-electron chi connectivity index (χ1n) is 10.8. The largest absolute Gasteiger partial charge is 0.447 e. The van der Waals surface area contributed by atoms with Crippen LogP contribution < -0.4 is 14.4 Å². The molecule has 2 heterocycles. The first-order chi connectivity index (χ1) is 16.4. The molecule has 2 aromatic carbocycles. The second-order valence-electron chi connectivity index (χ2n) is 7.61. The summed E-state index contributed by atoms with van der Waals surface area (Å²) in [6, 6.07) is 12.3. The van der Waals surface area contributed by atoms with Gasteiger partial charge in [0.05, 0.1) is 10.7 Å². The summed E-state index contributed by atoms with van der Waals surface area (Å²) in [7, 11) is 0. The molecule has 1 amide bonds. The fraction of sp³-hybridized carbons (Fsp3) is 0.292. The third-order valence-electron chi connectivity index (χ3n) is 5.07. The third-order valence-corrected chi connectivity index (χ3v) is 6.29. The van der Waals surface area contributed by atoms with Crippen molar-refractivity contribution in [1.29, 1.82) is 0 Å². The Morgan fingerprint density at radius 3 is 2.68 bits per heavy atom. The number of carbonyl (C=O) groups is 2. The van der Waals surface area contributed by atoms with E-state index in [1.807, 2.05) is 24.3 Å². The van der Waals surface area contributed by atoms with Gasteiger partial charge in [0.2, 0.25) is 23.2 Å². The second-order valence-corrected chi connectivity index (χ2v) is 9.08. The van der Waals surface area contributed by atoms with Crippen molar-refractivity contribution in [3.05, 3.63) is 53.1 Å². The zero-order valence-corrected chi connectivity index (χ0v) is 20.5. The number of thioether (sulfide) groups is 1. The van der Waals surface area contributed by atoms with Crippen molar-refractivity contribution in [3.63, 3.8) is 0 Å². The Labute approximate surface area is 206 Å². The fourth-order valence-electron chi connectivity index (χ4n) is 3.55. The van der Waals surface area contributed by atoms with E-state index in [1.54, 1.807) is 18.2 Å². The van der Waals surface area contributed by atoms with Crippen LogP contribution in [0.5, 0.6) is 11.6 Å². The zero-order chi connectivity index (χ0) is 24.2. The molecular formula is C24H23ClN4O4S. The van der Waals surface area contributed by atoms with E-state index in [0.717, 1.165) is 18.6 Å². The molecule has 1 aliphatic rings. The fourth-order valence-corrected chi connectivity index (χ4v) is 4.64. The minimum absolute atomic E-state index is 0.217. The van der Waals surface area contributed by atoms with Gasteiger partial charge in [-0.15, -0.1) is 10.2 Å². The van der Waals surface area contributed by atoms with E-state index in [2.05, 4.69) is 22.1 Å². The average Bonchev–Trinajstić information content (AvgIpc) is 2.94. The molecule has 0 saturated heterocycles. The highest BCUT2D eigenvalue weighted by Gasteiger charge is 2.34. The smallest absolute Gasteiger partial charge is 0.308 e. The van der Waals surface area contributed by atoms with Crippen molar-refractivity contribution < 1.29 is 19.1 Å². The molecule has 1 unspecified atom stereocenters. The maximum atomic E-state index is 12.9. The van der Waals surface area contributed by atoms with Crippen LogP contribution in [0.15, 0.2) is 47.6 Å². The number of benzene rings is 2. The lowest BCUT2D eigenvalue weighted by molar-refractivity contribution is -0.131. The van der Waals surface area contributed by atoms with E-state index in [0.29, 0.717) is 27.7 Å². The molecule has 8 nitrogen and oxygen atoms in total. The number of hydrogen-bond acceptors (Lipinski definition) is 8. The number of unbranched alkanes of at least 4 members (excludes halogenated alkanes) is 1. The molecule has 1 aliphatic heterocycles. The summed E-state index contributed by atoms with van der Waals surface area (Å²) >= 11 is 7.89. The van der Waals surface area contributed by atoms with Crippen molar-refractivity contribution in [2.24, 2.45) is 0 Å². The van der Waals surface area contributed by atoms with Gasteiger partial charge in [-0.3, -0.25) is 14.5 Å². The molecule has 0 N–H and O–H groups in total. The number of carbonyl (C=O) groups excluding carboxylic acids is 2. The van der Waals surface area contributed by atoms with Gasteiger partial charge in [-0.25, -0.2) is 0 Å². The van der Waals surface area contributed by atoms with Crippen LogP contribution in [0.3, 0.4) is 0 Å². The summed E-state index contributed by atoms with van der Waals surface area (Å²) in [5.74, 6) is 0.639. The Kier molecular flexibility index (Phi) is 7.33. The number of nitrogens with zero attached hydrogens (tertiary/aromatic N) is 4. The van der Waals surface area contributed by atoms with E-state index in [1.165, 1.54) is 30.5 Å². The van der Waals surface area contributed by atoms with Gasteiger partial charge in [0.15, 0.2) is 5.69 Å². The van der Waals surface area contributed by atoms with Crippen molar-refractivity contribution in [2.45, 2.75) is 45.0 Å². The minimum Gasteiger partial charge on any atom is -0.447 e. The number of para-hydroxylation sites is 1. The van der Waals surface area contributed by atoms with Crippen molar-refractivity contribution in [1.82, 2.24) is 15.2 Å². The van der Waals surface area contributed by atoms with Gasteiger partial charge in [-0.2, -0.15) is 4.98 Å². The van der Waals surface area contributed by atoms with Crippen LogP contribution in [0.25, 0.3) is 11.3 Å². The molecule has 10 heteroatoms. The molecule has 34 heavy (non-hydrogen) atoms. The number of fused-ring (bicyclic) bond motifs is 3. The first-order valence-corrected chi connectivity index (χ1v) is 12.2. The van der Waals surface area contributed by atoms with Crippen molar-refractivity contribution in [3.8, 4) is 22.9 Å². The van der Waals surface area contributed by atoms with Crippen LogP contribution in [0.2, 0.25) is 5.02 Å². The molecule has 0 fully saturated rings. The highest BCUT2D eigenvalue weighted by atomic mass is 35.5. The van der Waals surface area contributed by atoms with Gasteiger partial charge < -0.3 is 9.47 Å². The molecular weight excluding hydrogens is 476 g/mol. The lowest BCUT2D eigenvalue weighted by atomic mass is 10.1. The van der Waals surface area contributed by atoms with E-state index in [4.69, 9.17) is 21.1 Å². The molecule has 1 atom stereocenters. The number of amides is 1. The molecule has 4 rings (SSSR count). The zero-order valence-electron chi connectivity index (χ0n) is 18.9. The van der Waals surface area contributed by atoms with E-state index in [-0.39, 0.29) is 22.6 Å². The number of anilines is 1. The van der Waals surface area contributed by atoms with Crippen LogP contribution >= 0.6 is 23.4 Å². The lowest BCUT2D eigenvalue weighted by Crippen LogP contribution is -2.36. The Morgan fingerprint density at radius 1 is 1.18 bits per heavy atom. The maximum absolute atomic E-state index is 12.9. The van der Waals surface area contributed by atoms with Gasteiger partial charge in [0.1, 0.15) is 5.75 Å². The number of rotatable bonds is 6. The SMILES string of the molecule is CCCCSc1nnc2c(n1)OC(c1ccc(OC(C)=O)c(Cl)c1)N(C(C)=O)c1ccccc1-2. The van der Waals surface area contributed by atoms with Crippen LogP contribution in [0.4, 0.5) is 5.69 Å². The second kappa shape index (κ2) is 10.4. The van der Waals surface area contributed by atoms with E-state index in [9.17, 15) is 9.59 Å². The number of hydrogen-bond donors (Lipinski definition) is 0. The highest BCUT2D eigenvalue weighted by molar-refractivity contribution is 7.99. The molecule has 0 aliphatic carbocycles. The Bertz CT molecular complexity index is 1240. The molecule has 0 spiro atoms. The highest BCUT2D eigenvalue weighted by Crippen LogP contribution is 2.44. The first kappa shape index (κ1) is 24.0. The predicted octanol–water partition coefficient (Wildman–Crippen LogP) is 5.45. The summed E-state index contributed by atoms with van der Waals surface area (Å²) < 4.78 is 11.5. The van der Waals surface area contributed by atoms with Gasteiger partial charge in [0.25, 0.3) is 0 Å². The third kappa shape index (κ3) is 5.00. The molecule has 0 saturated carbocycles. The summed E-state index contributed by atoms with van der Waals surface area (Å²) in [5.41, 5.74) is 2.33. The maximum Gasteiger partial charge on any atom is 0.308 e. The van der Waals surface area contributed by atoms with Crippen LogP contribution in [-0.2, 0) is 9.59 Å². The Balaban J connectivity index is 1.83. The number of halogens is 1. The summed E-state index contributed by atoms with van der Waals surface area (Å²) in [6.07, 6.45) is 1.21. The van der Waals surface area contributed by atoms with Gasteiger partial charge in [0, 0.05) is 30.7 Å². The summed E-state index contributed by atoms with van der Waals surface area (Å²) in [6.45, 7) is 4.88. The summed E-state index contributed by atoms with van der Waals surface area (Å²) in [4.78, 5) is 30.4. The quantitative estimate of drug-likeness (QED) is 0.191. The number of ether oxygens (including phenoxy) is 2. The predicted molar refractivity (Wildman–Crippen MR) is 130 cm³/mol. The lowest BCUT2D eigenvalue weighted by Gasteiger charge is -2.30. The molecule has 1 aromatic heterocycles. The van der Waals surface area contributed by atoms with Crippen molar-refractivity contribution in [2.75, 3.05) is 10.7 Å². The molecule has 3 aromatic rings. The summed E-state index contributed by atoms with van der Waals surface area (Å²) in [5, 5.41) is 9.40. The number of esters is 1. The van der Waals surface area contributed by atoms with Crippen LogP contribution in [-0.4, -0.2) is 32.8 Å². The number of aromatic nitrogens is 3. The Morgan fingerprint density at radius 2 is 1.97 bits per heavy atom. The standard InChI is InChI=1S/C24H23ClN4O4S/c1-4-5-12-34-24-26-22-21(27-28-24)17-8-6-7-9-19(17)29(14(2)30)23(33-22)16-10-11-20(18(25)13-16)32-15(3)31/h6-11,13,23H,4-5,12H2,1-3H3. The van der Waals surface area contributed by atoms with Crippen LogP contribution in [0, 0.1) is 0 Å². The van der Waals surface area contributed by atoms with Gasteiger partial charge in [-0.1, -0.05) is 54.9 Å². The topological polar surface area (TPSA) is 94.5 Å². The van der Waals surface area contributed by atoms with E-state index < -0.39 is 12.2 Å². The Hall–Kier alpha value is -3.17. The molecule has 0 bridgehead atoms. The average molecular weight is 499 g/mol. The van der Waals surface area contributed by atoms with Gasteiger partial charge in [-0.05, 0) is 30.7 Å².